The Bertz CT molecular complexity index is 28.5. The fourth-order valence-corrected chi connectivity index (χ4v) is 0. The van der Waals surface area contributed by atoms with Crippen molar-refractivity contribution in [2.45, 2.75) is 0 Å². The van der Waals surface area contributed by atoms with Crippen LogP contribution in [0.15, 0.2) is 25.3 Å². The van der Waals surface area contributed by atoms with Gasteiger partial charge >= 0.3 is 18.9 Å². The molecule has 35 valence electrons. The molecule has 0 aromatic rings. The SMILES string of the molecule is C=CC=C.[Cu].[LiH]. The van der Waals surface area contributed by atoms with Crippen molar-refractivity contribution >= 4 is 18.9 Å². The van der Waals surface area contributed by atoms with Crippen LogP contribution in [-0.4, -0.2) is 18.9 Å². The molecule has 0 aromatic heterocycles. The van der Waals surface area contributed by atoms with E-state index in [0.29, 0.717) is 0 Å². The van der Waals surface area contributed by atoms with Gasteiger partial charge in [-0.1, -0.05) is 25.3 Å². The number of allylic oxidation sites excluding steroid dienone is 2. The van der Waals surface area contributed by atoms with Crippen LogP contribution >= 0.6 is 0 Å². The maximum atomic E-state index is 3.36. The van der Waals surface area contributed by atoms with E-state index in [-0.39, 0.29) is 35.9 Å². The van der Waals surface area contributed by atoms with E-state index in [1.165, 1.54) is 0 Å². The molecular formula is C4H7CuLi. The molecule has 0 bridgehead atoms. The predicted octanol–water partition coefficient (Wildman–Crippen LogP) is 0.707. The zero-order valence-corrected chi connectivity index (χ0v) is 3.81. The molecule has 0 amide bonds. The summed E-state index contributed by atoms with van der Waals surface area (Å²) < 4.78 is 0. The van der Waals surface area contributed by atoms with Crippen molar-refractivity contribution in [1.82, 2.24) is 0 Å². The molecule has 0 aliphatic rings. The summed E-state index contributed by atoms with van der Waals surface area (Å²) in [4.78, 5) is 0. The molecule has 6 heavy (non-hydrogen) atoms. The summed E-state index contributed by atoms with van der Waals surface area (Å²) in [5.41, 5.74) is 0. The Morgan fingerprint density at radius 3 is 1.17 bits per heavy atom. The summed E-state index contributed by atoms with van der Waals surface area (Å²) >= 11 is 0. The minimum absolute atomic E-state index is 0. The van der Waals surface area contributed by atoms with Gasteiger partial charge in [0.15, 0.2) is 0 Å². The quantitative estimate of drug-likeness (QED) is 0.358. The molecular weight excluding hydrogens is 119 g/mol. The fraction of sp³-hybridized carbons (Fsp3) is 0. The van der Waals surface area contributed by atoms with Crippen molar-refractivity contribution in [3.8, 4) is 0 Å². The molecule has 0 N–H and O–H groups in total. The molecule has 0 nitrogen and oxygen atoms in total. The van der Waals surface area contributed by atoms with Crippen molar-refractivity contribution in [1.29, 1.82) is 0 Å². The molecule has 2 heteroatoms. The first-order valence-electron chi connectivity index (χ1n) is 1.15. The second-order valence-corrected chi connectivity index (χ2v) is 0.471. The molecule has 0 aromatic carbocycles. The molecule has 0 rings (SSSR count). The van der Waals surface area contributed by atoms with Crippen molar-refractivity contribution in [2.24, 2.45) is 0 Å². The minimum atomic E-state index is 0. The average molecular weight is 126 g/mol. The van der Waals surface area contributed by atoms with E-state index >= 15 is 0 Å². The molecule has 0 unspecified atom stereocenters. The Morgan fingerprint density at radius 2 is 1.17 bits per heavy atom. The summed E-state index contributed by atoms with van der Waals surface area (Å²) in [7, 11) is 0. The summed E-state index contributed by atoms with van der Waals surface area (Å²) in [6, 6.07) is 0. The van der Waals surface area contributed by atoms with Gasteiger partial charge in [0.05, 0.1) is 0 Å². The van der Waals surface area contributed by atoms with Gasteiger partial charge in [0.1, 0.15) is 0 Å². The molecule has 0 spiro atoms. The summed E-state index contributed by atoms with van der Waals surface area (Å²) in [5.74, 6) is 0. The maximum absolute atomic E-state index is 3.36. The third-order valence-corrected chi connectivity index (χ3v) is 0.167. The first-order chi connectivity index (χ1) is 1.91. The van der Waals surface area contributed by atoms with E-state index in [9.17, 15) is 0 Å². The van der Waals surface area contributed by atoms with E-state index in [1.54, 1.807) is 12.2 Å². The van der Waals surface area contributed by atoms with Gasteiger partial charge in [0, 0.05) is 17.1 Å². The van der Waals surface area contributed by atoms with Gasteiger partial charge in [0.25, 0.3) is 0 Å². The van der Waals surface area contributed by atoms with Gasteiger partial charge < -0.3 is 0 Å². The van der Waals surface area contributed by atoms with Crippen LogP contribution in [0.5, 0.6) is 0 Å². The van der Waals surface area contributed by atoms with Crippen LogP contribution in [0.4, 0.5) is 0 Å². The van der Waals surface area contributed by atoms with Crippen LogP contribution in [0.3, 0.4) is 0 Å². The Balaban J connectivity index is -0.0000000450. The monoisotopic (exact) mass is 125 g/mol. The average Bonchev–Trinajstić information content (AvgIpc) is 1.37. The van der Waals surface area contributed by atoms with Gasteiger partial charge in [-0.15, -0.1) is 0 Å². The Morgan fingerprint density at radius 1 is 1.00 bits per heavy atom. The van der Waals surface area contributed by atoms with Crippen molar-refractivity contribution < 1.29 is 17.1 Å². The molecule has 0 saturated heterocycles. The molecule has 1 radical (unpaired) electrons. The molecule has 0 heterocycles. The number of rotatable bonds is 1. The molecule has 0 fully saturated rings. The normalized spacial score (nSPS) is 3.33. The van der Waals surface area contributed by atoms with Crippen LogP contribution in [-0.2, 0) is 17.1 Å². The van der Waals surface area contributed by atoms with Gasteiger partial charge in [0.2, 0.25) is 0 Å². The van der Waals surface area contributed by atoms with Gasteiger partial charge in [-0.05, 0) is 0 Å². The summed E-state index contributed by atoms with van der Waals surface area (Å²) in [5, 5.41) is 0. The van der Waals surface area contributed by atoms with Crippen molar-refractivity contribution in [3.05, 3.63) is 25.3 Å². The zero-order chi connectivity index (χ0) is 3.41. The van der Waals surface area contributed by atoms with E-state index in [0.717, 1.165) is 0 Å². The predicted molar refractivity (Wildman–Crippen MR) is 27.5 cm³/mol. The van der Waals surface area contributed by atoms with Gasteiger partial charge in [-0.3, -0.25) is 0 Å². The Labute approximate surface area is 61.3 Å². The van der Waals surface area contributed by atoms with E-state index in [1.807, 2.05) is 0 Å². The van der Waals surface area contributed by atoms with Crippen LogP contribution in [0.1, 0.15) is 0 Å². The molecule has 0 aliphatic carbocycles. The van der Waals surface area contributed by atoms with Crippen LogP contribution in [0, 0.1) is 0 Å². The van der Waals surface area contributed by atoms with Crippen LogP contribution in [0.2, 0.25) is 0 Å². The first-order valence-corrected chi connectivity index (χ1v) is 1.15. The molecule has 0 aliphatic heterocycles. The van der Waals surface area contributed by atoms with E-state index in [4.69, 9.17) is 0 Å². The molecule has 0 saturated carbocycles. The van der Waals surface area contributed by atoms with Gasteiger partial charge in [-0.2, -0.15) is 0 Å². The van der Waals surface area contributed by atoms with Crippen LogP contribution < -0.4 is 0 Å². The van der Waals surface area contributed by atoms with Crippen molar-refractivity contribution in [3.63, 3.8) is 0 Å². The van der Waals surface area contributed by atoms with E-state index < -0.39 is 0 Å². The molecule has 0 atom stereocenters. The number of hydrogen-bond acceptors (Lipinski definition) is 0. The van der Waals surface area contributed by atoms with E-state index in [2.05, 4.69) is 13.2 Å². The third-order valence-electron chi connectivity index (χ3n) is 0.167. The van der Waals surface area contributed by atoms with Crippen molar-refractivity contribution in [2.75, 3.05) is 0 Å². The Hall–Kier alpha value is 0.597. The third kappa shape index (κ3) is 23.3. The fourth-order valence-electron chi connectivity index (χ4n) is 0. The first kappa shape index (κ1) is 16.0. The standard InChI is InChI=1S/C4H6.Cu.Li.H/c1-3-4-2;;;/h3-4H,1-2H2;;;. The zero-order valence-electron chi connectivity index (χ0n) is 2.87. The second kappa shape index (κ2) is 17.5. The topological polar surface area (TPSA) is 0 Å². The number of hydrogen-bond donors (Lipinski definition) is 0. The van der Waals surface area contributed by atoms with Crippen LogP contribution in [0.25, 0.3) is 0 Å². The summed E-state index contributed by atoms with van der Waals surface area (Å²) in [6.07, 6.45) is 3.28. The second-order valence-electron chi connectivity index (χ2n) is 0.471. The summed E-state index contributed by atoms with van der Waals surface area (Å²) in [6.45, 7) is 6.72. The van der Waals surface area contributed by atoms with Gasteiger partial charge in [-0.25, -0.2) is 0 Å². The Kier molecular flexibility index (Phi) is 46.7.